The van der Waals surface area contributed by atoms with Gasteiger partial charge in [0.2, 0.25) is 11.7 Å². The fourth-order valence-corrected chi connectivity index (χ4v) is 5.03. The summed E-state index contributed by atoms with van der Waals surface area (Å²) in [4.78, 5) is 48.5. The van der Waals surface area contributed by atoms with Crippen LogP contribution in [0.3, 0.4) is 0 Å². The number of thioether (sulfide) groups is 1. The van der Waals surface area contributed by atoms with E-state index in [0.717, 1.165) is 34.9 Å². The molecule has 14 heteroatoms. The third-order valence-corrected chi connectivity index (χ3v) is 7.32. The van der Waals surface area contributed by atoms with Gasteiger partial charge in [-0.3, -0.25) is 9.59 Å². The highest BCUT2D eigenvalue weighted by Crippen LogP contribution is 2.34. The van der Waals surface area contributed by atoms with Crippen LogP contribution in [-0.4, -0.2) is 63.9 Å². The average Bonchev–Trinajstić information content (AvgIpc) is 3.35. The van der Waals surface area contributed by atoms with Crippen molar-refractivity contribution in [2.75, 3.05) is 25.2 Å². The number of benzene rings is 1. The normalized spacial score (nSPS) is 18.3. The number of amides is 4. The molecule has 1 aromatic heterocycles. The van der Waals surface area contributed by atoms with E-state index in [4.69, 9.17) is 11.6 Å². The van der Waals surface area contributed by atoms with Crippen molar-refractivity contribution >= 4 is 74.9 Å². The largest absolute Gasteiger partial charge is 0.445 e. The van der Waals surface area contributed by atoms with Gasteiger partial charge in [0.05, 0.1) is 41.0 Å². The summed E-state index contributed by atoms with van der Waals surface area (Å²) in [6.07, 6.45) is -4.60. The van der Waals surface area contributed by atoms with Crippen LogP contribution in [0.2, 0.25) is 5.02 Å². The molecule has 3 heterocycles. The SMILES string of the molecule is CN1C(=O)C2C(SCC(=O)Nc3cc(C(F)(F)F)ccc3Cl)=NC(c3cccs3)=NC2=[N+](C)C1=O. The van der Waals surface area contributed by atoms with Gasteiger partial charge in [-0.05, 0) is 29.6 Å². The Morgan fingerprint density at radius 2 is 2.03 bits per heavy atom. The first-order valence-electron chi connectivity index (χ1n) is 9.90. The maximum absolute atomic E-state index is 13.0. The number of hydrogen-bond acceptors (Lipinski definition) is 7. The Labute approximate surface area is 210 Å². The van der Waals surface area contributed by atoms with E-state index in [1.165, 1.54) is 30.0 Å². The number of hydrogen-bond donors (Lipinski definition) is 1. The van der Waals surface area contributed by atoms with Crippen molar-refractivity contribution < 1.29 is 32.1 Å². The Balaban J connectivity index is 1.59. The summed E-state index contributed by atoms with van der Waals surface area (Å²) in [6, 6.07) is 5.62. The lowest BCUT2D eigenvalue weighted by Gasteiger charge is -2.26. The lowest BCUT2D eigenvalue weighted by molar-refractivity contribution is -0.407. The van der Waals surface area contributed by atoms with Crippen LogP contribution >= 0.6 is 34.7 Å². The number of alkyl halides is 3. The molecule has 0 spiro atoms. The van der Waals surface area contributed by atoms with Crippen molar-refractivity contribution in [1.29, 1.82) is 0 Å². The summed E-state index contributed by atoms with van der Waals surface area (Å²) in [6.45, 7) is 0. The number of imide groups is 1. The molecule has 182 valence electrons. The van der Waals surface area contributed by atoms with Crippen LogP contribution in [0, 0.1) is 5.92 Å². The van der Waals surface area contributed by atoms with E-state index in [9.17, 15) is 27.6 Å². The first kappa shape index (κ1) is 25.1. The van der Waals surface area contributed by atoms with Gasteiger partial charge in [0.25, 0.3) is 5.84 Å². The highest BCUT2D eigenvalue weighted by Gasteiger charge is 2.49. The number of halogens is 4. The van der Waals surface area contributed by atoms with Crippen molar-refractivity contribution in [3.05, 3.63) is 51.2 Å². The average molecular weight is 543 g/mol. The molecule has 0 aliphatic carbocycles. The van der Waals surface area contributed by atoms with Gasteiger partial charge in [0.1, 0.15) is 5.04 Å². The first-order valence-corrected chi connectivity index (χ1v) is 12.1. The fourth-order valence-electron chi connectivity index (χ4n) is 3.33. The molecule has 0 radical (unpaired) electrons. The molecule has 0 saturated carbocycles. The zero-order valence-corrected chi connectivity index (χ0v) is 20.5. The number of amidine groups is 2. The molecule has 1 atom stereocenters. The number of nitrogens with zero attached hydrogens (tertiary/aromatic N) is 4. The molecule has 0 saturated heterocycles. The van der Waals surface area contributed by atoms with E-state index in [-0.39, 0.29) is 33.2 Å². The Bertz CT molecular complexity index is 1320. The van der Waals surface area contributed by atoms with Gasteiger partial charge >= 0.3 is 18.1 Å². The molecule has 4 rings (SSSR count). The second-order valence-electron chi connectivity index (χ2n) is 7.42. The van der Waals surface area contributed by atoms with E-state index in [1.54, 1.807) is 12.1 Å². The van der Waals surface area contributed by atoms with Gasteiger partial charge < -0.3 is 5.32 Å². The molecule has 2 aliphatic heterocycles. The standard InChI is InChI=1S/C21H15ClF3N5O3S2/c1-29-17-15(19(32)30(2)20(29)33)18(28-16(27-17)13-4-3-7-34-13)35-9-14(31)26-12-8-10(21(23,24)25)5-6-11(12)22/h3-8,15H,9H2,1-2H3/p+1. The molecule has 0 bridgehead atoms. The molecule has 2 aliphatic rings. The summed E-state index contributed by atoms with van der Waals surface area (Å²) in [7, 11) is 2.82. The zero-order valence-electron chi connectivity index (χ0n) is 18.1. The molecule has 2 aromatic rings. The number of nitrogens with one attached hydrogen (secondary N) is 1. The summed E-state index contributed by atoms with van der Waals surface area (Å²) < 4.78 is 40.3. The number of fused-ring (bicyclic) bond motifs is 1. The van der Waals surface area contributed by atoms with Crippen LogP contribution in [0.5, 0.6) is 0 Å². The maximum atomic E-state index is 13.0. The van der Waals surface area contributed by atoms with Crippen molar-refractivity contribution in [1.82, 2.24) is 4.90 Å². The van der Waals surface area contributed by atoms with E-state index in [2.05, 4.69) is 15.3 Å². The number of aliphatic imine (C=N–C) groups is 2. The van der Waals surface area contributed by atoms with Crippen LogP contribution in [0.1, 0.15) is 10.4 Å². The topological polar surface area (TPSA) is 94.2 Å². The number of carbonyl (C=O) groups is 3. The molecule has 35 heavy (non-hydrogen) atoms. The van der Waals surface area contributed by atoms with Gasteiger partial charge in [-0.25, -0.2) is 9.79 Å². The van der Waals surface area contributed by atoms with Crippen LogP contribution in [0.4, 0.5) is 23.7 Å². The Morgan fingerprint density at radius 1 is 1.29 bits per heavy atom. The predicted octanol–water partition coefficient (Wildman–Crippen LogP) is 4.20. The summed E-state index contributed by atoms with van der Waals surface area (Å²) in [5.41, 5.74) is -1.15. The van der Waals surface area contributed by atoms with E-state index in [1.807, 2.05) is 5.38 Å². The van der Waals surface area contributed by atoms with Gasteiger partial charge in [0.15, 0.2) is 5.92 Å². The van der Waals surface area contributed by atoms with Gasteiger partial charge in [0, 0.05) is 0 Å². The smallest absolute Gasteiger partial charge is 0.324 e. The summed E-state index contributed by atoms with van der Waals surface area (Å²) in [5.74, 6) is -2.01. The Kier molecular flexibility index (Phi) is 6.84. The Morgan fingerprint density at radius 3 is 2.69 bits per heavy atom. The number of carbonyl (C=O) groups excluding carboxylic acids is 3. The molecule has 4 amide bonds. The number of thiophene rings is 1. The second-order valence-corrected chi connectivity index (χ2v) is 9.77. The minimum absolute atomic E-state index is 0.0571. The minimum Gasteiger partial charge on any atom is -0.324 e. The third kappa shape index (κ3) is 5.02. The predicted molar refractivity (Wildman–Crippen MR) is 129 cm³/mol. The highest BCUT2D eigenvalue weighted by atomic mass is 35.5. The van der Waals surface area contributed by atoms with Gasteiger partial charge in [-0.15, -0.1) is 11.3 Å². The number of urea groups is 1. The fraction of sp³-hybridized carbons (Fsp3) is 0.238. The van der Waals surface area contributed by atoms with E-state index < -0.39 is 35.5 Å². The number of anilines is 1. The van der Waals surface area contributed by atoms with Crippen molar-refractivity contribution in [2.45, 2.75) is 6.18 Å². The maximum Gasteiger partial charge on any atom is 0.445 e. The van der Waals surface area contributed by atoms with Gasteiger partial charge in [-0.2, -0.15) is 22.6 Å². The summed E-state index contributed by atoms with van der Waals surface area (Å²) >= 11 is 8.24. The molecular formula is C21H16ClF3N5O3S2+. The van der Waals surface area contributed by atoms with E-state index in [0.29, 0.717) is 4.88 Å². The quantitative estimate of drug-likeness (QED) is 0.586. The molecule has 0 fully saturated rings. The van der Waals surface area contributed by atoms with Crippen LogP contribution < -0.4 is 5.32 Å². The van der Waals surface area contributed by atoms with E-state index >= 15 is 0 Å². The van der Waals surface area contributed by atoms with Crippen molar-refractivity contribution in [3.8, 4) is 0 Å². The highest BCUT2D eigenvalue weighted by molar-refractivity contribution is 8.14. The molecule has 1 unspecified atom stereocenters. The lowest BCUT2D eigenvalue weighted by Crippen LogP contribution is -2.54. The monoisotopic (exact) mass is 542 g/mol. The van der Waals surface area contributed by atoms with Crippen LogP contribution in [0.15, 0.2) is 45.7 Å². The Hall–Kier alpha value is -3.03. The minimum atomic E-state index is -4.60. The third-order valence-electron chi connectivity index (χ3n) is 5.10. The molecule has 1 N–H and O–H groups in total. The summed E-state index contributed by atoms with van der Waals surface area (Å²) in [5, 5.41) is 4.36. The first-order chi connectivity index (χ1) is 16.5. The molecule has 1 aromatic carbocycles. The number of rotatable bonds is 4. The van der Waals surface area contributed by atoms with Crippen molar-refractivity contribution in [3.63, 3.8) is 0 Å². The van der Waals surface area contributed by atoms with Crippen LogP contribution in [-0.2, 0) is 15.8 Å². The zero-order chi connectivity index (χ0) is 25.5. The van der Waals surface area contributed by atoms with Crippen molar-refractivity contribution in [2.24, 2.45) is 15.9 Å². The lowest BCUT2D eigenvalue weighted by atomic mass is 10.0. The van der Waals surface area contributed by atoms with Crippen LogP contribution in [0.25, 0.3) is 0 Å². The van der Waals surface area contributed by atoms with Gasteiger partial charge in [-0.1, -0.05) is 34.4 Å². The molecular weight excluding hydrogens is 527 g/mol. The molecule has 8 nitrogen and oxygen atoms in total. The second kappa shape index (κ2) is 9.55.